The minimum absolute atomic E-state index is 0.0265. The number of benzene rings is 1. The zero-order chi connectivity index (χ0) is 15.0. The summed E-state index contributed by atoms with van der Waals surface area (Å²) < 4.78 is 14.2. The standard InChI is InChI=1S/C16H19FN2OS/c1-10(18)13-4-2-3-7-19(13)16(20)15-9-11-8-12(17)5-6-14(11)21-15/h5-6,8-10,13H,2-4,7,18H2,1H3. The van der Waals surface area contributed by atoms with Gasteiger partial charge in [-0.1, -0.05) is 0 Å². The number of carbonyl (C=O) groups excluding carboxylic acids is 1. The van der Waals surface area contributed by atoms with Crippen molar-refractivity contribution in [2.75, 3.05) is 6.54 Å². The van der Waals surface area contributed by atoms with Gasteiger partial charge in [-0.3, -0.25) is 4.79 Å². The zero-order valence-corrected chi connectivity index (χ0v) is 12.8. The van der Waals surface area contributed by atoms with Gasteiger partial charge in [0, 0.05) is 23.3 Å². The Balaban J connectivity index is 1.91. The average Bonchev–Trinajstić information content (AvgIpc) is 2.89. The molecule has 0 bridgehead atoms. The molecule has 0 spiro atoms. The van der Waals surface area contributed by atoms with Gasteiger partial charge in [0.1, 0.15) is 5.82 Å². The molecule has 1 aliphatic rings. The van der Waals surface area contributed by atoms with Crippen molar-refractivity contribution in [2.45, 2.75) is 38.3 Å². The number of hydrogen-bond acceptors (Lipinski definition) is 3. The summed E-state index contributed by atoms with van der Waals surface area (Å²) in [5.41, 5.74) is 6.03. The fraction of sp³-hybridized carbons (Fsp3) is 0.438. The smallest absolute Gasteiger partial charge is 0.264 e. The maximum absolute atomic E-state index is 13.3. The van der Waals surface area contributed by atoms with Crippen molar-refractivity contribution in [1.82, 2.24) is 4.90 Å². The van der Waals surface area contributed by atoms with Gasteiger partial charge >= 0.3 is 0 Å². The highest BCUT2D eigenvalue weighted by molar-refractivity contribution is 7.20. The fourth-order valence-corrected chi connectivity index (χ4v) is 4.02. The van der Waals surface area contributed by atoms with Crippen molar-refractivity contribution in [2.24, 2.45) is 5.73 Å². The van der Waals surface area contributed by atoms with E-state index in [2.05, 4.69) is 0 Å². The Morgan fingerprint density at radius 3 is 3.00 bits per heavy atom. The van der Waals surface area contributed by atoms with Crippen LogP contribution in [0, 0.1) is 5.82 Å². The Labute approximate surface area is 127 Å². The number of fused-ring (bicyclic) bond motifs is 1. The zero-order valence-electron chi connectivity index (χ0n) is 12.0. The SMILES string of the molecule is CC(N)C1CCCCN1C(=O)c1cc2cc(F)ccc2s1. The van der Waals surface area contributed by atoms with Crippen LogP contribution < -0.4 is 5.73 Å². The predicted molar refractivity (Wildman–Crippen MR) is 84.1 cm³/mol. The first-order valence-electron chi connectivity index (χ1n) is 7.32. The Morgan fingerprint density at radius 2 is 2.24 bits per heavy atom. The lowest BCUT2D eigenvalue weighted by atomic mass is 9.97. The molecular weight excluding hydrogens is 287 g/mol. The molecule has 112 valence electrons. The number of rotatable bonds is 2. The molecule has 21 heavy (non-hydrogen) atoms. The summed E-state index contributed by atoms with van der Waals surface area (Å²) in [7, 11) is 0. The van der Waals surface area contributed by atoms with Gasteiger partial charge in [-0.05, 0) is 55.8 Å². The van der Waals surface area contributed by atoms with E-state index < -0.39 is 0 Å². The molecule has 1 fully saturated rings. The van der Waals surface area contributed by atoms with Gasteiger partial charge in [0.2, 0.25) is 0 Å². The van der Waals surface area contributed by atoms with Crippen LogP contribution in [0.5, 0.6) is 0 Å². The third-order valence-corrected chi connectivity index (χ3v) is 5.21. The molecule has 5 heteroatoms. The van der Waals surface area contributed by atoms with E-state index in [0.717, 1.165) is 35.9 Å². The average molecular weight is 306 g/mol. The monoisotopic (exact) mass is 306 g/mol. The number of thiophene rings is 1. The summed E-state index contributed by atoms with van der Waals surface area (Å²) >= 11 is 1.42. The van der Waals surface area contributed by atoms with Gasteiger partial charge in [0.05, 0.1) is 4.88 Å². The van der Waals surface area contributed by atoms with Crippen molar-refractivity contribution in [1.29, 1.82) is 0 Å². The first-order chi connectivity index (χ1) is 10.1. The van der Waals surface area contributed by atoms with Crippen LogP contribution in [0.2, 0.25) is 0 Å². The van der Waals surface area contributed by atoms with Crippen LogP contribution in [0.15, 0.2) is 24.3 Å². The number of amides is 1. The largest absolute Gasteiger partial charge is 0.333 e. The van der Waals surface area contributed by atoms with Crippen LogP contribution in [0.3, 0.4) is 0 Å². The van der Waals surface area contributed by atoms with Gasteiger partial charge in [0.25, 0.3) is 5.91 Å². The summed E-state index contributed by atoms with van der Waals surface area (Å²) in [6.07, 6.45) is 3.10. The predicted octanol–water partition coefficient (Wildman–Crippen LogP) is 3.38. The molecular formula is C16H19FN2OS. The minimum atomic E-state index is -0.272. The van der Waals surface area contributed by atoms with Gasteiger partial charge < -0.3 is 10.6 Å². The lowest BCUT2D eigenvalue weighted by Crippen LogP contribution is -2.51. The maximum atomic E-state index is 13.3. The first-order valence-corrected chi connectivity index (χ1v) is 8.13. The Kier molecular flexibility index (Phi) is 3.95. The van der Waals surface area contributed by atoms with E-state index in [1.54, 1.807) is 12.1 Å². The number of nitrogens with two attached hydrogens (primary N) is 1. The summed E-state index contributed by atoms with van der Waals surface area (Å²) in [6, 6.07) is 6.50. The Hall–Kier alpha value is -1.46. The third-order valence-electron chi connectivity index (χ3n) is 4.11. The quantitative estimate of drug-likeness (QED) is 0.924. The number of carbonyl (C=O) groups is 1. The normalized spacial score (nSPS) is 20.7. The third kappa shape index (κ3) is 2.80. The summed E-state index contributed by atoms with van der Waals surface area (Å²) in [5.74, 6) is -0.246. The molecule has 1 amide bonds. The second kappa shape index (κ2) is 5.73. The Morgan fingerprint density at radius 1 is 1.43 bits per heavy atom. The second-order valence-corrected chi connectivity index (χ2v) is 6.80. The van der Waals surface area contributed by atoms with Crippen LogP contribution in [0.4, 0.5) is 4.39 Å². The lowest BCUT2D eigenvalue weighted by molar-refractivity contribution is 0.0589. The van der Waals surface area contributed by atoms with Crippen LogP contribution in [-0.4, -0.2) is 29.4 Å². The van der Waals surface area contributed by atoms with Crippen LogP contribution in [0.1, 0.15) is 35.9 Å². The fourth-order valence-electron chi connectivity index (χ4n) is 3.02. The van der Waals surface area contributed by atoms with E-state index in [-0.39, 0.29) is 23.8 Å². The topological polar surface area (TPSA) is 46.3 Å². The van der Waals surface area contributed by atoms with Crippen LogP contribution >= 0.6 is 11.3 Å². The lowest BCUT2D eigenvalue weighted by Gasteiger charge is -2.37. The van der Waals surface area contributed by atoms with Crippen molar-refractivity contribution < 1.29 is 9.18 Å². The highest BCUT2D eigenvalue weighted by Gasteiger charge is 2.30. The molecule has 0 radical (unpaired) electrons. The molecule has 2 unspecified atom stereocenters. The van der Waals surface area contributed by atoms with Crippen molar-refractivity contribution in [3.8, 4) is 0 Å². The Bertz CT molecular complexity index is 667. The first kappa shape index (κ1) is 14.5. The number of nitrogens with zero attached hydrogens (tertiary/aromatic N) is 1. The molecule has 1 aliphatic heterocycles. The summed E-state index contributed by atoms with van der Waals surface area (Å²) in [6.45, 7) is 2.71. The van der Waals surface area contributed by atoms with E-state index in [4.69, 9.17) is 5.73 Å². The highest BCUT2D eigenvalue weighted by atomic mass is 32.1. The number of piperidine rings is 1. The van der Waals surface area contributed by atoms with E-state index >= 15 is 0 Å². The highest BCUT2D eigenvalue weighted by Crippen LogP contribution is 2.29. The van der Waals surface area contributed by atoms with Gasteiger partial charge in [0.15, 0.2) is 0 Å². The van der Waals surface area contributed by atoms with Crippen molar-refractivity contribution >= 4 is 27.3 Å². The molecule has 2 atom stereocenters. The van der Waals surface area contributed by atoms with Crippen LogP contribution in [-0.2, 0) is 0 Å². The molecule has 0 aliphatic carbocycles. The van der Waals surface area contributed by atoms with E-state index in [1.165, 1.54) is 23.5 Å². The summed E-state index contributed by atoms with van der Waals surface area (Å²) in [5, 5.41) is 0.790. The van der Waals surface area contributed by atoms with E-state index in [9.17, 15) is 9.18 Å². The number of hydrogen-bond donors (Lipinski definition) is 1. The number of halogens is 1. The maximum Gasteiger partial charge on any atom is 0.264 e. The molecule has 1 aromatic heterocycles. The van der Waals surface area contributed by atoms with Gasteiger partial charge in [-0.2, -0.15) is 0 Å². The molecule has 1 saturated heterocycles. The minimum Gasteiger partial charge on any atom is -0.333 e. The number of likely N-dealkylation sites (tertiary alicyclic amines) is 1. The molecule has 3 rings (SSSR count). The summed E-state index contributed by atoms with van der Waals surface area (Å²) in [4.78, 5) is 15.3. The second-order valence-electron chi connectivity index (χ2n) is 5.71. The van der Waals surface area contributed by atoms with E-state index in [1.807, 2.05) is 11.8 Å². The molecule has 2 aromatic rings. The molecule has 1 aromatic carbocycles. The van der Waals surface area contributed by atoms with Gasteiger partial charge in [-0.15, -0.1) is 11.3 Å². The molecule has 3 nitrogen and oxygen atoms in total. The molecule has 2 heterocycles. The molecule has 0 saturated carbocycles. The molecule has 2 N–H and O–H groups in total. The van der Waals surface area contributed by atoms with Crippen molar-refractivity contribution in [3.05, 3.63) is 35.0 Å². The van der Waals surface area contributed by atoms with E-state index in [0.29, 0.717) is 4.88 Å². The van der Waals surface area contributed by atoms with Crippen LogP contribution in [0.25, 0.3) is 10.1 Å². The van der Waals surface area contributed by atoms with Gasteiger partial charge in [-0.25, -0.2) is 4.39 Å². The van der Waals surface area contributed by atoms with Crippen molar-refractivity contribution in [3.63, 3.8) is 0 Å².